The Morgan fingerprint density at radius 3 is 2.64 bits per heavy atom. The number of benzene rings is 1. The molecule has 0 radical (unpaired) electrons. The van der Waals surface area contributed by atoms with Crippen LogP contribution in [-0.4, -0.2) is 80.7 Å². The second-order valence-corrected chi connectivity index (χ2v) is 11.4. The molecule has 0 spiro atoms. The molecule has 6 rings (SSSR count). The predicted molar refractivity (Wildman–Crippen MR) is 156 cm³/mol. The Morgan fingerprint density at radius 1 is 1.07 bits per heavy atom. The summed E-state index contributed by atoms with van der Waals surface area (Å²) in [5.74, 6) is 1.49. The summed E-state index contributed by atoms with van der Waals surface area (Å²) in [7, 11) is 0. The summed E-state index contributed by atoms with van der Waals surface area (Å²) in [6.45, 7) is 2.64. The highest BCUT2D eigenvalue weighted by Crippen LogP contribution is 2.36. The molecule has 1 saturated heterocycles. The van der Waals surface area contributed by atoms with Crippen molar-refractivity contribution in [1.82, 2.24) is 29.7 Å². The van der Waals surface area contributed by atoms with Crippen molar-refractivity contribution in [2.75, 3.05) is 37.7 Å². The lowest BCUT2D eigenvalue weighted by Crippen LogP contribution is -2.71. The molecule has 222 valence electrons. The van der Waals surface area contributed by atoms with Crippen molar-refractivity contribution in [2.24, 2.45) is 5.73 Å². The van der Waals surface area contributed by atoms with Crippen molar-refractivity contribution >= 4 is 29.2 Å². The molecule has 1 atom stereocenters. The highest BCUT2D eigenvalue weighted by Gasteiger charge is 2.51. The largest absolute Gasteiger partial charge is 0.486 e. The van der Waals surface area contributed by atoms with E-state index in [0.717, 1.165) is 31.2 Å². The molecule has 1 unspecified atom stereocenters. The third kappa shape index (κ3) is 5.86. The summed E-state index contributed by atoms with van der Waals surface area (Å²) in [6.07, 6.45) is 10.2. The van der Waals surface area contributed by atoms with Crippen LogP contribution >= 0.6 is 11.6 Å². The van der Waals surface area contributed by atoms with E-state index in [9.17, 15) is 9.59 Å². The molecule has 2 aliphatic heterocycles. The minimum absolute atomic E-state index is 0.0763. The van der Waals surface area contributed by atoms with Crippen LogP contribution in [0, 0.1) is 0 Å². The quantitative estimate of drug-likeness (QED) is 0.376. The van der Waals surface area contributed by atoms with Gasteiger partial charge in [0.1, 0.15) is 36.1 Å². The Balaban J connectivity index is 1.25. The number of primary amides is 1. The number of nitrogens with one attached hydrogen (secondary N) is 1. The van der Waals surface area contributed by atoms with Gasteiger partial charge in [-0.25, -0.2) is 9.97 Å². The number of piperazine rings is 1. The zero-order valence-corrected chi connectivity index (χ0v) is 24.1. The van der Waals surface area contributed by atoms with E-state index in [2.05, 4.69) is 20.2 Å². The average Bonchev–Trinajstić information content (AvgIpc) is 3.55. The lowest BCUT2D eigenvalue weighted by atomic mass is 9.83. The van der Waals surface area contributed by atoms with Crippen LogP contribution in [0.2, 0.25) is 5.15 Å². The van der Waals surface area contributed by atoms with Crippen molar-refractivity contribution in [3.8, 4) is 17.4 Å². The van der Waals surface area contributed by atoms with Crippen LogP contribution in [0.25, 0.3) is 5.95 Å². The fraction of sp³-hybridized carbons (Fsp3) is 0.483. The zero-order valence-electron chi connectivity index (χ0n) is 23.4. The smallest absolute Gasteiger partial charge is 0.240 e. The second kappa shape index (κ2) is 12.1. The van der Waals surface area contributed by atoms with Crippen molar-refractivity contribution < 1.29 is 19.1 Å². The number of anilines is 1. The van der Waals surface area contributed by atoms with E-state index in [1.165, 1.54) is 6.42 Å². The normalized spacial score (nSPS) is 21.2. The minimum Gasteiger partial charge on any atom is -0.486 e. The third-order valence-electron chi connectivity index (χ3n) is 8.37. The van der Waals surface area contributed by atoms with Crippen LogP contribution in [0.4, 0.5) is 5.82 Å². The Labute approximate surface area is 249 Å². The molecule has 1 aliphatic carbocycles. The van der Waals surface area contributed by atoms with Crippen LogP contribution in [0.5, 0.6) is 11.5 Å². The fourth-order valence-electron chi connectivity index (χ4n) is 6.29. The van der Waals surface area contributed by atoms with Crippen molar-refractivity contribution in [2.45, 2.75) is 56.7 Å². The lowest BCUT2D eigenvalue weighted by molar-refractivity contribution is -0.140. The maximum absolute atomic E-state index is 13.5. The first-order valence-electron chi connectivity index (χ1n) is 14.4. The molecule has 3 aliphatic rings. The highest BCUT2D eigenvalue weighted by molar-refractivity contribution is 6.29. The average molecular weight is 595 g/mol. The molecule has 4 heterocycles. The molecule has 1 saturated carbocycles. The van der Waals surface area contributed by atoms with E-state index in [1.54, 1.807) is 29.4 Å². The van der Waals surface area contributed by atoms with Crippen LogP contribution in [0.1, 0.15) is 44.1 Å². The summed E-state index contributed by atoms with van der Waals surface area (Å²) in [4.78, 5) is 44.3. The van der Waals surface area contributed by atoms with Gasteiger partial charge >= 0.3 is 0 Å². The van der Waals surface area contributed by atoms with Crippen LogP contribution in [0.3, 0.4) is 0 Å². The number of aromatic nitrogens is 4. The van der Waals surface area contributed by atoms with Gasteiger partial charge in [-0.1, -0.05) is 36.9 Å². The molecule has 0 bridgehead atoms. The van der Waals surface area contributed by atoms with Crippen LogP contribution in [-0.2, 0) is 16.1 Å². The highest BCUT2D eigenvalue weighted by atomic mass is 35.5. The van der Waals surface area contributed by atoms with E-state index in [4.69, 9.17) is 31.8 Å². The molecule has 12 nitrogen and oxygen atoms in total. The van der Waals surface area contributed by atoms with Crippen LogP contribution < -0.4 is 25.4 Å². The number of rotatable bonds is 8. The number of nitrogens with zero attached hydrogens (tertiary/aromatic N) is 6. The maximum atomic E-state index is 13.5. The van der Waals surface area contributed by atoms with E-state index in [0.29, 0.717) is 49.6 Å². The molecular weight excluding hydrogens is 560 g/mol. The number of carbonyl (C=O) groups is 2. The first-order chi connectivity index (χ1) is 20.4. The van der Waals surface area contributed by atoms with Gasteiger partial charge in [-0.2, -0.15) is 4.98 Å². The monoisotopic (exact) mass is 594 g/mol. The molecule has 2 amide bonds. The van der Waals surface area contributed by atoms with Crippen molar-refractivity contribution in [3.63, 3.8) is 0 Å². The van der Waals surface area contributed by atoms with E-state index in [-0.39, 0.29) is 36.6 Å². The Morgan fingerprint density at radius 2 is 1.88 bits per heavy atom. The fourth-order valence-corrected chi connectivity index (χ4v) is 6.46. The zero-order chi connectivity index (χ0) is 29.1. The Bertz CT molecular complexity index is 1430. The number of hydrogen-bond donors (Lipinski definition) is 2. The summed E-state index contributed by atoms with van der Waals surface area (Å²) < 4.78 is 12.9. The SMILES string of the molecule is NC(=O)C1(CC(=O)NCc2ccc3c(c2)OCCO3)CN(c2cc(Cl)nc(-n3ccnc3)n2)CCN1C1CCCCC1. The Hall–Kier alpha value is -3.90. The van der Waals surface area contributed by atoms with Gasteiger partial charge in [-0.05, 0) is 30.5 Å². The van der Waals surface area contributed by atoms with Gasteiger partial charge in [0.05, 0.1) is 6.42 Å². The lowest BCUT2D eigenvalue weighted by Gasteiger charge is -2.52. The number of nitrogens with two attached hydrogens (primary N) is 1. The summed E-state index contributed by atoms with van der Waals surface area (Å²) >= 11 is 6.40. The van der Waals surface area contributed by atoms with Crippen LogP contribution in [0.15, 0.2) is 43.0 Å². The first-order valence-corrected chi connectivity index (χ1v) is 14.8. The predicted octanol–water partition coefficient (Wildman–Crippen LogP) is 2.47. The molecule has 42 heavy (non-hydrogen) atoms. The van der Waals surface area contributed by atoms with Gasteiger partial charge in [-0.3, -0.25) is 19.1 Å². The van der Waals surface area contributed by atoms with E-state index in [1.807, 2.05) is 23.1 Å². The van der Waals surface area contributed by atoms with Gasteiger partial charge in [0.25, 0.3) is 0 Å². The van der Waals surface area contributed by atoms with E-state index >= 15 is 0 Å². The molecule has 13 heteroatoms. The van der Waals surface area contributed by atoms with Gasteiger partial charge < -0.3 is 25.4 Å². The van der Waals surface area contributed by atoms with Gasteiger partial charge in [-0.15, -0.1) is 0 Å². The first kappa shape index (κ1) is 28.2. The van der Waals surface area contributed by atoms with Crippen molar-refractivity contribution in [3.05, 3.63) is 53.7 Å². The summed E-state index contributed by atoms with van der Waals surface area (Å²) in [5.41, 5.74) is 5.86. The molecular formula is C29H35ClN8O4. The summed E-state index contributed by atoms with van der Waals surface area (Å²) in [6, 6.07) is 7.45. The minimum atomic E-state index is -1.23. The number of halogens is 1. The van der Waals surface area contributed by atoms with Crippen molar-refractivity contribution in [1.29, 1.82) is 0 Å². The molecule has 2 aromatic heterocycles. The van der Waals surface area contributed by atoms with Gasteiger partial charge in [0, 0.05) is 50.7 Å². The standard InChI is InChI=1S/C29H35ClN8O4/c30-24-15-25(35-28(34-24)37-9-8-32-19-37)36-10-11-38(21-4-2-1-3-5-21)29(18-36,27(31)40)16-26(39)33-17-20-6-7-22-23(14-20)42-13-12-41-22/h6-9,14-15,19,21H,1-5,10-13,16-18H2,(H2,31,40)(H,33,39). The number of hydrogen-bond acceptors (Lipinski definition) is 9. The number of amides is 2. The molecule has 3 N–H and O–H groups in total. The Kier molecular flexibility index (Phi) is 8.16. The summed E-state index contributed by atoms with van der Waals surface area (Å²) in [5, 5.41) is 3.27. The molecule has 3 aromatic rings. The number of imidazole rings is 1. The van der Waals surface area contributed by atoms with E-state index < -0.39 is 11.4 Å². The topological polar surface area (TPSA) is 141 Å². The third-order valence-corrected chi connectivity index (χ3v) is 8.56. The molecule has 1 aromatic carbocycles. The second-order valence-electron chi connectivity index (χ2n) is 11.1. The number of ether oxygens (including phenoxy) is 2. The van der Waals surface area contributed by atoms with Gasteiger partial charge in [0.15, 0.2) is 11.5 Å². The molecule has 2 fully saturated rings. The number of fused-ring (bicyclic) bond motifs is 1. The maximum Gasteiger partial charge on any atom is 0.240 e. The number of carbonyl (C=O) groups excluding carboxylic acids is 2. The van der Waals surface area contributed by atoms with Gasteiger partial charge in [0.2, 0.25) is 17.8 Å².